The van der Waals surface area contributed by atoms with E-state index in [2.05, 4.69) is 34.4 Å². The Hall–Kier alpha value is -2.48. The first-order valence-corrected chi connectivity index (χ1v) is 34.2. The van der Waals surface area contributed by atoms with Crippen molar-refractivity contribution < 1.29 is 85.6 Å². The van der Waals surface area contributed by atoms with E-state index in [4.69, 9.17) is 24.6 Å². The molecule has 0 radical (unpaired) electrons. The van der Waals surface area contributed by atoms with Gasteiger partial charge in [-0.3, -0.25) is 32.5 Å². The van der Waals surface area contributed by atoms with E-state index >= 15 is 0 Å². The SMILES string of the molecule is CC(C)(COP(=O)(O)OP(=O)(O)OC[C@H]1O[C@@H](n2cnc3c(N)ncnc32)[C@H](O)[C@@H]1OP(=O)(O)O)[C@@H](O)C(=O)NCCC(=O)NCCSC(=O)CCCCCCCCCCCCCCCCCCCCCCCCCCCCCO. The van der Waals surface area contributed by atoms with Crippen LogP contribution in [-0.4, -0.2) is 134 Å². The smallest absolute Gasteiger partial charge is 0.396 e. The fourth-order valence-corrected chi connectivity index (χ4v) is 12.7. The van der Waals surface area contributed by atoms with Crippen molar-refractivity contribution in [2.24, 2.45) is 5.41 Å². The van der Waals surface area contributed by atoms with E-state index < -0.39 is 84.6 Å². The molecule has 0 aliphatic carbocycles. The number of unbranched alkanes of at least 4 members (excludes halogenated alkanes) is 26. The van der Waals surface area contributed by atoms with Crippen molar-refractivity contribution in [2.75, 3.05) is 44.4 Å². The zero-order chi connectivity index (χ0) is 58.9. The maximum absolute atomic E-state index is 12.8. The fourth-order valence-electron chi connectivity index (χ4n) is 9.17. The molecule has 2 unspecified atom stereocenters. The molecular weight excluding hydrogens is 1120 g/mol. The average Bonchev–Trinajstić information content (AvgIpc) is 4.18. The summed E-state index contributed by atoms with van der Waals surface area (Å²) in [7, 11) is -16.4. The standard InChI is InChI=1S/C51H94N7O18P3S/c1-51(2,37-73-79(70,71)76-78(68,69)72-36-40-45(75-77(65,66)67)44(62)50(74-40)58-39-57-43-47(52)55-38-56-48(43)58)46(63)49(64)54-32-31-41(60)53-33-35-80-42(61)30-28-26-24-22-20-18-16-14-12-10-8-6-4-3-5-7-9-11-13-15-17-19-21-23-25-27-29-34-59/h38-40,44-46,50,59,62-63H,3-37H2,1-2H3,(H,53,60)(H,54,64)(H,68,69)(H,70,71)(H2,52,55,56)(H2,65,66,67)/t40-,44-,45-,46+,50-/m1/s1. The second kappa shape index (κ2) is 39.2. The summed E-state index contributed by atoms with van der Waals surface area (Å²) in [6.07, 6.45) is 28.3. The van der Waals surface area contributed by atoms with E-state index in [0.29, 0.717) is 18.8 Å². The normalized spacial score (nSPS) is 18.8. The summed E-state index contributed by atoms with van der Waals surface area (Å²) in [5.41, 5.74) is 4.30. The van der Waals surface area contributed by atoms with E-state index in [1.54, 1.807) is 0 Å². The van der Waals surface area contributed by atoms with Crippen LogP contribution in [0.3, 0.4) is 0 Å². The van der Waals surface area contributed by atoms with Crippen LogP contribution in [0, 0.1) is 5.41 Å². The first-order chi connectivity index (χ1) is 38.1. The second-order valence-electron chi connectivity index (χ2n) is 21.3. The fraction of sp³-hybridized carbons (Fsp3) is 0.843. The van der Waals surface area contributed by atoms with Crippen molar-refractivity contribution in [3.63, 3.8) is 0 Å². The summed E-state index contributed by atoms with van der Waals surface area (Å²) in [5, 5.41) is 35.6. The minimum absolute atomic E-state index is 0.0337. The van der Waals surface area contributed by atoms with Gasteiger partial charge in [0.15, 0.2) is 22.8 Å². The number of carbonyl (C=O) groups excluding carboxylic acids is 3. The van der Waals surface area contributed by atoms with Gasteiger partial charge in [-0.2, -0.15) is 4.31 Å². The summed E-state index contributed by atoms with van der Waals surface area (Å²) < 4.78 is 62.6. The largest absolute Gasteiger partial charge is 0.481 e. The van der Waals surface area contributed by atoms with Gasteiger partial charge in [-0.25, -0.2) is 28.6 Å². The molecule has 29 heteroatoms. The number of nitrogens with zero attached hydrogens (tertiary/aromatic N) is 4. The lowest BCUT2D eigenvalue weighted by atomic mass is 9.87. The molecule has 0 bridgehead atoms. The molecule has 0 aromatic carbocycles. The van der Waals surface area contributed by atoms with Gasteiger partial charge >= 0.3 is 23.5 Å². The van der Waals surface area contributed by atoms with Crippen LogP contribution in [0.15, 0.2) is 12.7 Å². The quantitative estimate of drug-likeness (QED) is 0.0219. The van der Waals surface area contributed by atoms with Crippen LogP contribution < -0.4 is 16.4 Å². The molecule has 1 aliphatic rings. The molecule has 80 heavy (non-hydrogen) atoms. The molecular formula is C51H94N7O18P3S. The Labute approximate surface area is 476 Å². The Bertz CT molecular complexity index is 2230. The topological polar surface area (TPSA) is 384 Å². The van der Waals surface area contributed by atoms with E-state index in [1.165, 1.54) is 162 Å². The molecule has 0 spiro atoms. The van der Waals surface area contributed by atoms with Crippen molar-refractivity contribution in [1.82, 2.24) is 30.2 Å². The molecule has 3 rings (SSSR count). The number of ether oxygens (including phenoxy) is 1. The number of hydrogen-bond acceptors (Lipinski definition) is 19. The third-order valence-electron chi connectivity index (χ3n) is 13.8. The number of fused-ring (bicyclic) bond motifs is 1. The molecule has 462 valence electrons. The maximum atomic E-state index is 12.8. The highest BCUT2D eigenvalue weighted by atomic mass is 32.2. The molecule has 2 aromatic rings. The lowest BCUT2D eigenvalue weighted by molar-refractivity contribution is -0.137. The first-order valence-electron chi connectivity index (χ1n) is 28.7. The van der Waals surface area contributed by atoms with Gasteiger partial charge in [-0.05, 0) is 12.8 Å². The van der Waals surface area contributed by atoms with Gasteiger partial charge in [0.2, 0.25) is 11.8 Å². The van der Waals surface area contributed by atoms with Crippen molar-refractivity contribution in [1.29, 1.82) is 0 Å². The number of anilines is 1. The number of carbonyl (C=O) groups is 3. The summed E-state index contributed by atoms with van der Waals surface area (Å²) in [4.78, 5) is 88.7. The van der Waals surface area contributed by atoms with E-state index in [9.17, 15) is 57.9 Å². The Morgan fingerprint density at radius 3 is 1.70 bits per heavy atom. The summed E-state index contributed by atoms with van der Waals surface area (Å²) in [6.45, 7) is 0.917. The van der Waals surface area contributed by atoms with Crippen LogP contribution in [-0.2, 0) is 50.7 Å². The summed E-state index contributed by atoms with van der Waals surface area (Å²) in [5.74, 6) is -1.02. The summed E-state index contributed by atoms with van der Waals surface area (Å²) >= 11 is 1.16. The van der Waals surface area contributed by atoms with Crippen LogP contribution in [0.4, 0.5) is 5.82 Å². The number of rotatable bonds is 48. The number of aliphatic hydroxyl groups excluding tert-OH is 3. The number of nitrogen functional groups attached to an aromatic ring is 1. The molecule has 7 atom stereocenters. The lowest BCUT2D eigenvalue weighted by Gasteiger charge is -2.30. The minimum Gasteiger partial charge on any atom is -0.396 e. The number of aliphatic hydroxyl groups is 3. The lowest BCUT2D eigenvalue weighted by Crippen LogP contribution is -2.46. The molecule has 11 N–H and O–H groups in total. The van der Waals surface area contributed by atoms with Gasteiger partial charge in [0.1, 0.15) is 36.3 Å². The maximum Gasteiger partial charge on any atom is 0.481 e. The molecule has 1 aliphatic heterocycles. The Morgan fingerprint density at radius 2 is 1.20 bits per heavy atom. The van der Waals surface area contributed by atoms with Crippen molar-refractivity contribution >= 4 is 69.1 Å². The molecule has 1 fully saturated rings. The number of phosphoric acid groups is 3. The average molecular weight is 1220 g/mol. The number of aromatic nitrogens is 4. The van der Waals surface area contributed by atoms with Crippen LogP contribution in [0.5, 0.6) is 0 Å². The van der Waals surface area contributed by atoms with Crippen molar-refractivity contribution in [3.8, 4) is 0 Å². The highest BCUT2D eigenvalue weighted by Crippen LogP contribution is 2.61. The van der Waals surface area contributed by atoms with Crippen LogP contribution in [0.2, 0.25) is 0 Å². The number of nitrogens with one attached hydrogen (secondary N) is 2. The number of amides is 2. The van der Waals surface area contributed by atoms with Gasteiger partial charge in [0.25, 0.3) is 0 Å². The molecule has 3 heterocycles. The Kier molecular flexibility index (Phi) is 35.2. The number of imidazole rings is 1. The number of thioether (sulfide) groups is 1. The minimum atomic E-state index is -5.58. The number of nitrogens with two attached hydrogens (primary N) is 1. The molecule has 25 nitrogen and oxygen atoms in total. The predicted molar refractivity (Wildman–Crippen MR) is 303 cm³/mol. The van der Waals surface area contributed by atoms with E-state index in [-0.39, 0.29) is 41.6 Å². The Morgan fingerprint density at radius 1 is 0.713 bits per heavy atom. The zero-order valence-electron chi connectivity index (χ0n) is 47.0. The van der Waals surface area contributed by atoms with Gasteiger partial charge in [0.05, 0.1) is 19.5 Å². The van der Waals surface area contributed by atoms with Crippen LogP contribution in [0.25, 0.3) is 11.2 Å². The third kappa shape index (κ3) is 30.4. The highest BCUT2D eigenvalue weighted by molar-refractivity contribution is 8.13. The van der Waals surface area contributed by atoms with Crippen molar-refractivity contribution in [2.45, 2.75) is 231 Å². The molecule has 0 saturated carbocycles. The number of hydrogen-bond donors (Lipinski definition) is 10. The van der Waals surface area contributed by atoms with Crippen LogP contribution >= 0.6 is 35.2 Å². The zero-order valence-corrected chi connectivity index (χ0v) is 50.5. The van der Waals surface area contributed by atoms with Gasteiger partial charge in [-0.1, -0.05) is 186 Å². The Balaban J connectivity index is 1.15. The van der Waals surface area contributed by atoms with E-state index in [1.807, 2.05) is 0 Å². The predicted octanol–water partition coefficient (Wildman–Crippen LogP) is 8.58. The van der Waals surface area contributed by atoms with Crippen molar-refractivity contribution in [3.05, 3.63) is 12.7 Å². The first kappa shape index (κ1) is 71.8. The van der Waals surface area contributed by atoms with Gasteiger partial charge in [-0.15, -0.1) is 0 Å². The second-order valence-corrected chi connectivity index (χ2v) is 26.7. The molecule has 2 amide bonds. The highest BCUT2D eigenvalue weighted by Gasteiger charge is 2.50. The molecule has 2 aromatic heterocycles. The number of phosphoric ester groups is 3. The monoisotopic (exact) mass is 1220 g/mol. The van der Waals surface area contributed by atoms with Crippen LogP contribution in [0.1, 0.15) is 206 Å². The third-order valence-corrected chi connectivity index (χ3v) is 17.8. The van der Waals surface area contributed by atoms with Gasteiger partial charge < -0.3 is 56.0 Å². The molecule has 1 saturated heterocycles. The summed E-state index contributed by atoms with van der Waals surface area (Å²) in [6, 6.07) is 0. The van der Waals surface area contributed by atoms with E-state index in [0.717, 1.165) is 54.7 Å². The van der Waals surface area contributed by atoms with Gasteiger partial charge in [0, 0.05) is 43.7 Å².